The summed E-state index contributed by atoms with van der Waals surface area (Å²) >= 11 is 0. The van der Waals surface area contributed by atoms with Crippen molar-refractivity contribution in [2.24, 2.45) is 5.16 Å². The van der Waals surface area contributed by atoms with Crippen LogP contribution in [0.4, 0.5) is 10.6 Å². The number of rotatable bonds is 5. The normalized spacial score (nSPS) is 11.7. The van der Waals surface area contributed by atoms with E-state index >= 15 is 0 Å². The van der Waals surface area contributed by atoms with Crippen LogP contribution in [-0.4, -0.2) is 36.6 Å². The van der Waals surface area contributed by atoms with E-state index in [2.05, 4.69) is 15.5 Å². The molecule has 2 rings (SSSR count). The molecule has 0 atom stereocenters. The molecule has 1 aromatic carbocycles. The number of amides is 1. The molecule has 138 valence electrons. The molecule has 7 nitrogen and oxygen atoms in total. The zero-order chi connectivity index (χ0) is 19.2. The quantitative estimate of drug-likeness (QED) is 0.649. The Bertz CT molecular complexity index is 763. The van der Waals surface area contributed by atoms with Crippen LogP contribution in [0.1, 0.15) is 31.9 Å². The summed E-state index contributed by atoms with van der Waals surface area (Å²) < 4.78 is 10.4. The van der Waals surface area contributed by atoms with Gasteiger partial charge in [0.05, 0.1) is 7.11 Å². The molecule has 0 aliphatic rings. The highest BCUT2D eigenvalue weighted by molar-refractivity contribution is 6.12. The summed E-state index contributed by atoms with van der Waals surface area (Å²) in [7, 11) is 3.09. The molecule has 1 amide bonds. The molecule has 7 heteroatoms. The fourth-order valence-electron chi connectivity index (χ4n) is 2.13. The molecule has 26 heavy (non-hydrogen) atoms. The van der Waals surface area contributed by atoms with E-state index in [1.54, 1.807) is 46.2 Å². The van der Waals surface area contributed by atoms with Gasteiger partial charge in [0.2, 0.25) is 0 Å². The largest absolute Gasteiger partial charge is 0.497 e. The van der Waals surface area contributed by atoms with Gasteiger partial charge in [0.15, 0.2) is 0 Å². The van der Waals surface area contributed by atoms with Crippen molar-refractivity contribution < 1.29 is 19.1 Å². The maximum absolute atomic E-state index is 11.8. The van der Waals surface area contributed by atoms with Crippen molar-refractivity contribution in [2.75, 3.05) is 19.5 Å². The Kier molecular flexibility index (Phi) is 6.16. The number of nitrogens with zero attached hydrogens (tertiary/aromatic N) is 2. The van der Waals surface area contributed by atoms with Crippen molar-refractivity contribution in [1.29, 1.82) is 0 Å². The lowest BCUT2D eigenvalue weighted by molar-refractivity contribution is 0.0635. The van der Waals surface area contributed by atoms with Gasteiger partial charge in [-0.3, -0.25) is 5.32 Å². The summed E-state index contributed by atoms with van der Waals surface area (Å²) in [6, 6.07) is 10.9. The Morgan fingerprint density at radius 1 is 1.04 bits per heavy atom. The van der Waals surface area contributed by atoms with Crippen LogP contribution in [0.25, 0.3) is 0 Å². The van der Waals surface area contributed by atoms with Gasteiger partial charge < -0.3 is 14.3 Å². The monoisotopic (exact) mass is 357 g/mol. The van der Waals surface area contributed by atoms with Crippen LogP contribution in [0.3, 0.4) is 0 Å². The SMILES string of the molecule is CO/N=C(/c1ccc(OC)cc1)c1ccc(NC(=O)OC(C)(C)C)nc1. The van der Waals surface area contributed by atoms with Crippen molar-refractivity contribution in [3.8, 4) is 5.75 Å². The van der Waals surface area contributed by atoms with Crippen LogP contribution in [0, 0.1) is 0 Å². The zero-order valence-electron chi connectivity index (χ0n) is 15.6. The van der Waals surface area contributed by atoms with Gasteiger partial charge in [0, 0.05) is 17.3 Å². The second-order valence-corrected chi connectivity index (χ2v) is 6.41. The molecule has 0 radical (unpaired) electrons. The van der Waals surface area contributed by atoms with Crippen LogP contribution in [-0.2, 0) is 9.57 Å². The molecule has 0 spiro atoms. The number of anilines is 1. The number of carbonyl (C=O) groups is 1. The van der Waals surface area contributed by atoms with Gasteiger partial charge in [0.1, 0.15) is 30.0 Å². The van der Waals surface area contributed by atoms with Crippen LogP contribution in [0.15, 0.2) is 47.8 Å². The molecule has 1 heterocycles. The summed E-state index contributed by atoms with van der Waals surface area (Å²) in [6.07, 6.45) is 1.05. The second kappa shape index (κ2) is 8.33. The smallest absolute Gasteiger partial charge is 0.413 e. The lowest BCUT2D eigenvalue weighted by Gasteiger charge is -2.19. The molecule has 0 fully saturated rings. The molecule has 0 bridgehead atoms. The molecule has 0 unspecified atom stereocenters. The zero-order valence-corrected chi connectivity index (χ0v) is 15.6. The number of nitrogens with one attached hydrogen (secondary N) is 1. The van der Waals surface area contributed by atoms with E-state index in [1.807, 2.05) is 24.3 Å². The highest BCUT2D eigenvalue weighted by Crippen LogP contribution is 2.17. The lowest BCUT2D eigenvalue weighted by atomic mass is 10.0. The fraction of sp³-hybridized carbons (Fsp3) is 0.316. The average Bonchev–Trinajstić information content (AvgIpc) is 2.59. The van der Waals surface area contributed by atoms with Gasteiger partial charge in [-0.1, -0.05) is 5.16 Å². The number of hydrogen-bond donors (Lipinski definition) is 1. The molecular weight excluding hydrogens is 334 g/mol. The number of benzene rings is 1. The molecule has 0 aliphatic carbocycles. The summed E-state index contributed by atoms with van der Waals surface area (Å²) in [6.45, 7) is 5.39. The van der Waals surface area contributed by atoms with Gasteiger partial charge in [-0.05, 0) is 57.2 Å². The summed E-state index contributed by atoms with van der Waals surface area (Å²) in [5, 5.41) is 6.67. The number of carbonyl (C=O) groups excluding carboxylic acids is 1. The predicted molar refractivity (Wildman–Crippen MR) is 99.7 cm³/mol. The third-order valence-electron chi connectivity index (χ3n) is 3.21. The maximum atomic E-state index is 11.8. The summed E-state index contributed by atoms with van der Waals surface area (Å²) in [5.41, 5.74) is 1.64. The Hall–Kier alpha value is -3.09. The Morgan fingerprint density at radius 2 is 1.69 bits per heavy atom. The molecule has 0 aliphatic heterocycles. The Morgan fingerprint density at radius 3 is 2.19 bits per heavy atom. The standard InChI is InChI=1S/C19H23N3O4/c1-19(2,3)26-18(23)21-16-11-8-14(12-20-16)17(22-25-5)13-6-9-15(24-4)10-7-13/h6-12H,1-5H3,(H,20,21,23)/b22-17-. The third-order valence-corrected chi connectivity index (χ3v) is 3.21. The van der Waals surface area contributed by atoms with Crippen molar-refractivity contribution in [2.45, 2.75) is 26.4 Å². The predicted octanol–water partition coefficient (Wildman–Crippen LogP) is 3.84. The van der Waals surface area contributed by atoms with Gasteiger partial charge >= 0.3 is 6.09 Å². The molecule has 1 N–H and O–H groups in total. The molecule has 0 saturated heterocycles. The maximum Gasteiger partial charge on any atom is 0.413 e. The van der Waals surface area contributed by atoms with Gasteiger partial charge in [-0.15, -0.1) is 0 Å². The first-order valence-electron chi connectivity index (χ1n) is 8.04. The first-order valence-corrected chi connectivity index (χ1v) is 8.04. The minimum Gasteiger partial charge on any atom is -0.497 e. The topological polar surface area (TPSA) is 82.0 Å². The number of hydrogen-bond acceptors (Lipinski definition) is 6. The van der Waals surface area contributed by atoms with Gasteiger partial charge in [-0.25, -0.2) is 9.78 Å². The minimum absolute atomic E-state index is 0.384. The van der Waals surface area contributed by atoms with E-state index in [0.717, 1.165) is 16.9 Å². The van der Waals surface area contributed by atoms with E-state index in [1.165, 1.54) is 7.11 Å². The first-order chi connectivity index (χ1) is 12.3. The second-order valence-electron chi connectivity index (χ2n) is 6.41. The molecular formula is C19H23N3O4. The number of ether oxygens (including phenoxy) is 2. The highest BCUT2D eigenvalue weighted by Gasteiger charge is 2.17. The van der Waals surface area contributed by atoms with Crippen LogP contribution >= 0.6 is 0 Å². The Balaban J connectivity index is 2.18. The van der Waals surface area contributed by atoms with E-state index in [0.29, 0.717) is 11.5 Å². The Labute approximate surface area is 153 Å². The van der Waals surface area contributed by atoms with Crippen LogP contribution < -0.4 is 10.1 Å². The fourth-order valence-corrected chi connectivity index (χ4v) is 2.13. The third kappa shape index (κ3) is 5.47. The average molecular weight is 357 g/mol. The molecule has 0 saturated carbocycles. The number of aromatic nitrogens is 1. The number of pyridine rings is 1. The first kappa shape index (κ1) is 19.2. The van der Waals surface area contributed by atoms with Crippen molar-refractivity contribution in [3.05, 3.63) is 53.7 Å². The van der Waals surface area contributed by atoms with E-state index in [9.17, 15) is 4.79 Å². The van der Waals surface area contributed by atoms with Crippen molar-refractivity contribution in [3.63, 3.8) is 0 Å². The molecule has 1 aromatic heterocycles. The number of methoxy groups -OCH3 is 1. The summed E-state index contributed by atoms with van der Waals surface area (Å²) in [4.78, 5) is 21.0. The van der Waals surface area contributed by atoms with Crippen molar-refractivity contribution in [1.82, 2.24) is 4.98 Å². The van der Waals surface area contributed by atoms with Gasteiger partial charge in [0.25, 0.3) is 0 Å². The van der Waals surface area contributed by atoms with E-state index in [-0.39, 0.29) is 0 Å². The van der Waals surface area contributed by atoms with Gasteiger partial charge in [-0.2, -0.15) is 0 Å². The lowest BCUT2D eigenvalue weighted by Crippen LogP contribution is -2.27. The van der Waals surface area contributed by atoms with E-state index in [4.69, 9.17) is 14.3 Å². The molecule has 2 aromatic rings. The van der Waals surface area contributed by atoms with E-state index < -0.39 is 11.7 Å². The van der Waals surface area contributed by atoms with Crippen molar-refractivity contribution >= 4 is 17.6 Å². The highest BCUT2D eigenvalue weighted by atomic mass is 16.6. The van der Waals surface area contributed by atoms with Crippen LogP contribution in [0.2, 0.25) is 0 Å². The number of oxime groups is 1. The van der Waals surface area contributed by atoms with Crippen LogP contribution in [0.5, 0.6) is 5.75 Å². The summed E-state index contributed by atoms with van der Waals surface area (Å²) in [5.74, 6) is 1.13. The minimum atomic E-state index is -0.573.